The first-order valence-electron chi connectivity index (χ1n) is 3.91. The summed E-state index contributed by atoms with van der Waals surface area (Å²) in [5.41, 5.74) is 0. The molecule has 1 heterocycles. The standard InChI is InChI=1S/C8H5F6NO/c9-6(7(10,11)12)8(13,14)16-5-2-1-3-15-4-5/h1-4,6H. The minimum absolute atomic E-state index is 0.653. The van der Waals surface area contributed by atoms with E-state index in [1.165, 1.54) is 6.20 Å². The lowest BCUT2D eigenvalue weighted by atomic mass is 10.3. The van der Waals surface area contributed by atoms with E-state index in [9.17, 15) is 26.3 Å². The van der Waals surface area contributed by atoms with E-state index in [4.69, 9.17) is 0 Å². The molecule has 0 aromatic carbocycles. The predicted octanol–water partition coefficient (Wildman–Crippen LogP) is 2.95. The molecule has 0 aliphatic carbocycles. The lowest BCUT2D eigenvalue weighted by Crippen LogP contribution is -2.45. The van der Waals surface area contributed by atoms with Crippen LogP contribution in [-0.2, 0) is 0 Å². The third kappa shape index (κ3) is 3.01. The van der Waals surface area contributed by atoms with Crippen molar-refractivity contribution in [3.63, 3.8) is 0 Å². The average molecular weight is 245 g/mol. The van der Waals surface area contributed by atoms with Gasteiger partial charge in [0.25, 0.3) is 6.17 Å². The average Bonchev–Trinajstić information content (AvgIpc) is 2.16. The van der Waals surface area contributed by atoms with Crippen molar-refractivity contribution in [1.82, 2.24) is 4.98 Å². The van der Waals surface area contributed by atoms with E-state index in [1.54, 1.807) is 0 Å². The minimum Gasteiger partial charge on any atom is -0.428 e. The van der Waals surface area contributed by atoms with Crippen LogP contribution in [0.15, 0.2) is 24.5 Å². The minimum atomic E-state index is -5.69. The van der Waals surface area contributed by atoms with Crippen LogP contribution in [0.1, 0.15) is 0 Å². The van der Waals surface area contributed by atoms with E-state index in [2.05, 4.69) is 9.72 Å². The molecule has 2 nitrogen and oxygen atoms in total. The van der Waals surface area contributed by atoms with Crippen molar-refractivity contribution in [2.45, 2.75) is 18.5 Å². The quantitative estimate of drug-likeness (QED) is 0.764. The number of ether oxygens (including phenoxy) is 1. The summed E-state index contributed by atoms with van der Waals surface area (Å²) in [5.74, 6) is -0.653. The Morgan fingerprint density at radius 2 is 1.81 bits per heavy atom. The number of rotatable bonds is 3. The van der Waals surface area contributed by atoms with Crippen molar-refractivity contribution >= 4 is 0 Å². The molecule has 16 heavy (non-hydrogen) atoms. The smallest absolute Gasteiger partial charge is 0.428 e. The molecule has 90 valence electrons. The Balaban J connectivity index is 2.80. The van der Waals surface area contributed by atoms with Crippen molar-refractivity contribution in [2.24, 2.45) is 0 Å². The van der Waals surface area contributed by atoms with Crippen LogP contribution in [0.5, 0.6) is 5.75 Å². The maximum atomic E-state index is 12.7. The molecule has 0 bridgehead atoms. The Hall–Kier alpha value is -1.47. The van der Waals surface area contributed by atoms with E-state index in [0.29, 0.717) is 0 Å². The van der Waals surface area contributed by atoms with E-state index in [0.717, 1.165) is 18.3 Å². The van der Waals surface area contributed by atoms with Crippen LogP contribution in [0.25, 0.3) is 0 Å². The number of pyridine rings is 1. The fourth-order valence-electron chi connectivity index (χ4n) is 0.807. The van der Waals surface area contributed by atoms with Gasteiger partial charge in [-0.3, -0.25) is 4.98 Å². The van der Waals surface area contributed by atoms with Crippen LogP contribution in [0.3, 0.4) is 0 Å². The summed E-state index contributed by atoms with van der Waals surface area (Å²) < 4.78 is 76.4. The van der Waals surface area contributed by atoms with Gasteiger partial charge in [-0.2, -0.15) is 22.0 Å². The maximum Gasteiger partial charge on any atom is 0.439 e. The Kier molecular flexibility index (Phi) is 3.30. The van der Waals surface area contributed by atoms with E-state index >= 15 is 0 Å². The van der Waals surface area contributed by atoms with Crippen molar-refractivity contribution in [1.29, 1.82) is 0 Å². The van der Waals surface area contributed by atoms with Gasteiger partial charge in [0.2, 0.25) is 0 Å². The molecule has 0 fully saturated rings. The second-order valence-corrected chi connectivity index (χ2v) is 2.76. The molecule has 0 spiro atoms. The maximum absolute atomic E-state index is 12.7. The molecule has 0 radical (unpaired) electrons. The first kappa shape index (κ1) is 12.6. The van der Waals surface area contributed by atoms with Gasteiger partial charge in [-0.05, 0) is 12.1 Å². The fraction of sp³-hybridized carbons (Fsp3) is 0.375. The van der Waals surface area contributed by atoms with Crippen molar-refractivity contribution in [3.8, 4) is 5.75 Å². The molecule has 0 aliphatic rings. The molecule has 0 aliphatic heterocycles. The number of halogens is 6. The molecule has 0 saturated carbocycles. The van der Waals surface area contributed by atoms with Gasteiger partial charge in [-0.1, -0.05) is 0 Å². The van der Waals surface area contributed by atoms with Crippen LogP contribution in [0, 0.1) is 0 Å². The van der Waals surface area contributed by atoms with E-state index in [-0.39, 0.29) is 0 Å². The number of nitrogens with zero attached hydrogens (tertiary/aromatic N) is 1. The van der Waals surface area contributed by atoms with Gasteiger partial charge in [0.1, 0.15) is 5.75 Å². The van der Waals surface area contributed by atoms with Crippen LogP contribution < -0.4 is 4.74 Å². The summed E-state index contributed by atoms with van der Waals surface area (Å²) >= 11 is 0. The molecule has 1 aromatic rings. The Morgan fingerprint density at radius 1 is 1.19 bits per heavy atom. The van der Waals surface area contributed by atoms with E-state index in [1.807, 2.05) is 0 Å². The van der Waals surface area contributed by atoms with Gasteiger partial charge in [0.15, 0.2) is 0 Å². The Bertz CT molecular complexity index is 338. The van der Waals surface area contributed by atoms with Crippen molar-refractivity contribution < 1.29 is 31.1 Å². The van der Waals surface area contributed by atoms with Crippen molar-refractivity contribution in [2.75, 3.05) is 0 Å². The van der Waals surface area contributed by atoms with Gasteiger partial charge in [-0.25, -0.2) is 4.39 Å². The highest BCUT2D eigenvalue weighted by atomic mass is 19.4. The highest BCUT2D eigenvalue weighted by molar-refractivity contribution is 5.16. The lowest BCUT2D eigenvalue weighted by molar-refractivity contribution is -0.305. The van der Waals surface area contributed by atoms with Gasteiger partial charge in [0, 0.05) is 6.20 Å². The van der Waals surface area contributed by atoms with Crippen LogP contribution in [0.4, 0.5) is 26.3 Å². The molecule has 1 aromatic heterocycles. The first-order chi connectivity index (χ1) is 7.23. The van der Waals surface area contributed by atoms with E-state index < -0.39 is 24.2 Å². The van der Waals surface area contributed by atoms with Gasteiger partial charge in [-0.15, -0.1) is 0 Å². The zero-order valence-electron chi connectivity index (χ0n) is 7.51. The molecule has 0 amide bonds. The largest absolute Gasteiger partial charge is 0.439 e. The molecule has 0 saturated heterocycles. The summed E-state index contributed by atoms with van der Waals surface area (Å²) in [4.78, 5) is 3.33. The van der Waals surface area contributed by atoms with Gasteiger partial charge < -0.3 is 4.74 Å². The Labute approximate surface area is 85.9 Å². The molecule has 1 atom stereocenters. The number of alkyl halides is 6. The molecule has 8 heteroatoms. The molecular formula is C8H5F6NO. The third-order valence-electron chi connectivity index (χ3n) is 1.47. The molecule has 1 unspecified atom stereocenters. The van der Waals surface area contributed by atoms with Crippen LogP contribution in [0.2, 0.25) is 0 Å². The summed E-state index contributed by atoms with van der Waals surface area (Å²) in [6.45, 7) is 0. The van der Waals surface area contributed by atoms with Gasteiger partial charge >= 0.3 is 12.3 Å². The summed E-state index contributed by atoms with van der Waals surface area (Å²) in [6, 6.07) is 2.09. The summed E-state index contributed by atoms with van der Waals surface area (Å²) in [7, 11) is 0. The topological polar surface area (TPSA) is 22.1 Å². The summed E-state index contributed by atoms with van der Waals surface area (Å²) in [5, 5.41) is 0. The van der Waals surface area contributed by atoms with Crippen LogP contribution >= 0.6 is 0 Å². The first-order valence-corrected chi connectivity index (χ1v) is 3.91. The highest BCUT2D eigenvalue weighted by Gasteiger charge is 2.59. The summed E-state index contributed by atoms with van der Waals surface area (Å²) in [6.07, 6.45) is -13.1. The SMILES string of the molecule is FC(C(F)(F)F)C(F)(F)Oc1cccnc1. The second-order valence-electron chi connectivity index (χ2n) is 2.76. The zero-order valence-corrected chi connectivity index (χ0v) is 7.51. The predicted molar refractivity (Wildman–Crippen MR) is 40.8 cm³/mol. The second kappa shape index (κ2) is 4.18. The monoisotopic (exact) mass is 245 g/mol. The lowest BCUT2D eigenvalue weighted by Gasteiger charge is -2.22. The normalized spacial score (nSPS) is 14.6. The van der Waals surface area contributed by atoms with Crippen molar-refractivity contribution in [3.05, 3.63) is 24.5 Å². The number of hydrogen-bond donors (Lipinski definition) is 0. The van der Waals surface area contributed by atoms with Crippen LogP contribution in [-0.4, -0.2) is 23.4 Å². The van der Waals surface area contributed by atoms with Gasteiger partial charge in [0.05, 0.1) is 6.20 Å². The number of aromatic nitrogens is 1. The molecular weight excluding hydrogens is 240 g/mol. The number of hydrogen-bond acceptors (Lipinski definition) is 2. The third-order valence-corrected chi connectivity index (χ3v) is 1.47. The fourth-order valence-corrected chi connectivity index (χ4v) is 0.807. The molecule has 0 N–H and O–H groups in total. The zero-order chi connectivity index (χ0) is 12.4. The highest BCUT2D eigenvalue weighted by Crippen LogP contribution is 2.36. The Morgan fingerprint density at radius 3 is 2.25 bits per heavy atom. The molecule has 1 rings (SSSR count).